The van der Waals surface area contributed by atoms with E-state index in [1.165, 1.54) is 24.3 Å². The molecular weight excluding hydrogens is 410 g/mol. The van der Waals surface area contributed by atoms with E-state index in [0.29, 0.717) is 22.6 Å². The normalized spacial score (nSPS) is 12.8. The molecule has 10 heteroatoms. The summed E-state index contributed by atoms with van der Waals surface area (Å²) in [6.45, 7) is 3.17. The van der Waals surface area contributed by atoms with E-state index < -0.39 is 27.5 Å². The van der Waals surface area contributed by atoms with E-state index in [9.17, 15) is 17.2 Å². The van der Waals surface area contributed by atoms with E-state index >= 15 is 0 Å². The Morgan fingerprint density at radius 1 is 1.18 bits per heavy atom. The van der Waals surface area contributed by atoms with Crippen LogP contribution in [-0.4, -0.2) is 29.6 Å². The van der Waals surface area contributed by atoms with Crippen LogP contribution in [0.15, 0.2) is 35.5 Å². The summed E-state index contributed by atoms with van der Waals surface area (Å²) < 4.78 is 51.0. The molecular formula is C18H17ClF2N4O2S. The molecule has 0 aliphatic heterocycles. The quantitative estimate of drug-likeness (QED) is 0.644. The molecule has 28 heavy (non-hydrogen) atoms. The largest absolute Gasteiger partial charge is 0.356 e. The number of H-pyrrole nitrogens is 1. The van der Waals surface area contributed by atoms with E-state index in [1.807, 2.05) is 0 Å². The standard InChI is InChI=1S/C18H17ClF2N4O2S/c1-9-6-15(22-8-14(9)21)24-16(11-4-5-13(20)12(19)7-11)17-23-10(2)18(25-17)28(3,26)27/h4-8,16H,1-3H3,(H,22,24)(H,23,25). The molecule has 3 rings (SSSR count). The first kappa shape index (κ1) is 20.2. The number of sulfone groups is 1. The Morgan fingerprint density at radius 2 is 1.89 bits per heavy atom. The summed E-state index contributed by atoms with van der Waals surface area (Å²) in [4.78, 5) is 11.1. The SMILES string of the molecule is Cc1cc(NC(c2ccc(F)c(Cl)c2)c2nc(S(C)(=O)=O)c(C)[nH]2)ncc1F. The van der Waals surface area contributed by atoms with Gasteiger partial charge >= 0.3 is 0 Å². The Labute approximate surface area is 165 Å². The predicted octanol–water partition coefficient (Wildman–Crippen LogP) is 3.96. The number of hydrogen-bond donors (Lipinski definition) is 2. The number of rotatable bonds is 5. The molecule has 0 amide bonds. The summed E-state index contributed by atoms with van der Waals surface area (Å²) in [5.74, 6) is -0.448. The summed E-state index contributed by atoms with van der Waals surface area (Å²) in [5, 5.41) is 2.88. The third-order valence-electron chi connectivity index (χ3n) is 4.10. The molecule has 0 bridgehead atoms. The molecule has 0 saturated carbocycles. The molecule has 2 aromatic heterocycles. The highest BCUT2D eigenvalue weighted by Crippen LogP contribution is 2.29. The number of aromatic amines is 1. The first-order chi connectivity index (χ1) is 13.1. The zero-order valence-electron chi connectivity index (χ0n) is 15.2. The maximum atomic E-state index is 13.6. The lowest BCUT2D eigenvalue weighted by Gasteiger charge is -2.18. The van der Waals surface area contributed by atoms with Gasteiger partial charge in [0.25, 0.3) is 0 Å². The summed E-state index contributed by atoms with van der Waals surface area (Å²) in [6.07, 6.45) is 2.13. The molecule has 0 aliphatic rings. The van der Waals surface area contributed by atoms with Gasteiger partial charge in [-0.05, 0) is 43.2 Å². The van der Waals surface area contributed by atoms with Gasteiger partial charge < -0.3 is 10.3 Å². The van der Waals surface area contributed by atoms with Gasteiger partial charge in [0.15, 0.2) is 14.9 Å². The van der Waals surface area contributed by atoms with Gasteiger partial charge in [0.2, 0.25) is 0 Å². The Kier molecular flexibility index (Phi) is 5.40. The Bertz CT molecular complexity index is 1150. The zero-order chi connectivity index (χ0) is 20.6. The Hall–Kier alpha value is -2.52. The van der Waals surface area contributed by atoms with Gasteiger partial charge in [0, 0.05) is 6.26 Å². The van der Waals surface area contributed by atoms with Crippen molar-refractivity contribution in [3.05, 3.63) is 69.8 Å². The minimum Gasteiger partial charge on any atom is -0.356 e. The lowest BCUT2D eigenvalue weighted by Crippen LogP contribution is -2.15. The molecule has 148 valence electrons. The summed E-state index contributed by atoms with van der Waals surface area (Å²) in [5.41, 5.74) is 1.26. The smallest absolute Gasteiger partial charge is 0.194 e. The van der Waals surface area contributed by atoms with Crippen molar-refractivity contribution in [2.45, 2.75) is 24.9 Å². The fourth-order valence-electron chi connectivity index (χ4n) is 2.73. The van der Waals surface area contributed by atoms with Gasteiger partial charge in [-0.15, -0.1) is 0 Å². The van der Waals surface area contributed by atoms with Crippen LogP contribution in [-0.2, 0) is 9.84 Å². The molecule has 2 N–H and O–H groups in total. The van der Waals surface area contributed by atoms with Crippen molar-refractivity contribution in [1.29, 1.82) is 0 Å². The van der Waals surface area contributed by atoms with Crippen LogP contribution in [0.25, 0.3) is 0 Å². The number of nitrogens with one attached hydrogen (secondary N) is 2. The van der Waals surface area contributed by atoms with Gasteiger partial charge in [0.05, 0.1) is 16.9 Å². The highest BCUT2D eigenvalue weighted by atomic mass is 35.5. The maximum Gasteiger partial charge on any atom is 0.194 e. The highest BCUT2D eigenvalue weighted by Gasteiger charge is 2.24. The van der Waals surface area contributed by atoms with Crippen LogP contribution in [0.5, 0.6) is 0 Å². The van der Waals surface area contributed by atoms with Crippen molar-refractivity contribution in [2.24, 2.45) is 0 Å². The van der Waals surface area contributed by atoms with Crippen LogP contribution in [0, 0.1) is 25.5 Å². The van der Waals surface area contributed by atoms with Crippen molar-refractivity contribution in [1.82, 2.24) is 15.0 Å². The van der Waals surface area contributed by atoms with E-state index in [1.54, 1.807) is 13.8 Å². The lowest BCUT2D eigenvalue weighted by atomic mass is 10.1. The molecule has 3 aromatic rings. The summed E-state index contributed by atoms with van der Waals surface area (Å²) in [6, 6.07) is 4.87. The van der Waals surface area contributed by atoms with Gasteiger partial charge in [-0.2, -0.15) is 0 Å². The molecule has 6 nitrogen and oxygen atoms in total. The topological polar surface area (TPSA) is 87.7 Å². The number of hydrogen-bond acceptors (Lipinski definition) is 5. The molecule has 1 unspecified atom stereocenters. The molecule has 1 atom stereocenters. The fraction of sp³-hybridized carbons (Fsp3) is 0.222. The van der Waals surface area contributed by atoms with Gasteiger partial charge in [-0.25, -0.2) is 27.2 Å². The summed E-state index contributed by atoms with van der Waals surface area (Å²) in [7, 11) is -3.55. The first-order valence-electron chi connectivity index (χ1n) is 8.16. The Morgan fingerprint density at radius 3 is 2.46 bits per heavy atom. The predicted molar refractivity (Wildman–Crippen MR) is 102 cm³/mol. The lowest BCUT2D eigenvalue weighted by molar-refractivity contribution is 0.597. The van der Waals surface area contributed by atoms with Crippen LogP contribution in [0.4, 0.5) is 14.6 Å². The maximum absolute atomic E-state index is 13.6. The van der Waals surface area contributed by atoms with Gasteiger partial charge in [-0.3, -0.25) is 0 Å². The molecule has 2 heterocycles. The van der Waals surface area contributed by atoms with Crippen LogP contribution < -0.4 is 5.32 Å². The van der Waals surface area contributed by atoms with E-state index in [2.05, 4.69) is 20.3 Å². The van der Waals surface area contributed by atoms with Crippen molar-refractivity contribution < 1.29 is 17.2 Å². The van der Waals surface area contributed by atoms with Crippen molar-refractivity contribution >= 4 is 27.3 Å². The number of benzene rings is 1. The number of anilines is 1. The zero-order valence-corrected chi connectivity index (χ0v) is 16.8. The third kappa shape index (κ3) is 4.15. The molecule has 0 radical (unpaired) electrons. The molecule has 0 spiro atoms. The second-order valence-electron chi connectivity index (χ2n) is 6.39. The van der Waals surface area contributed by atoms with E-state index in [0.717, 1.165) is 12.5 Å². The van der Waals surface area contributed by atoms with Crippen LogP contribution in [0.3, 0.4) is 0 Å². The number of aryl methyl sites for hydroxylation is 2. The van der Waals surface area contributed by atoms with Crippen LogP contribution in [0.1, 0.15) is 28.7 Å². The number of halogens is 3. The van der Waals surface area contributed by atoms with Crippen molar-refractivity contribution in [2.75, 3.05) is 11.6 Å². The fourth-order valence-corrected chi connectivity index (χ4v) is 3.79. The van der Waals surface area contributed by atoms with Crippen molar-refractivity contribution in [3.8, 4) is 0 Å². The third-order valence-corrected chi connectivity index (χ3v) is 5.49. The van der Waals surface area contributed by atoms with Crippen LogP contribution in [0.2, 0.25) is 5.02 Å². The number of aromatic nitrogens is 3. The molecule has 0 saturated heterocycles. The van der Waals surface area contributed by atoms with Gasteiger partial charge in [0.1, 0.15) is 29.3 Å². The second kappa shape index (κ2) is 7.48. The number of pyridine rings is 1. The number of imidazole rings is 1. The monoisotopic (exact) mass is 426 g/mol. The summed E-state index contributed by atoms with van der Waals surface area (Å²) >= 11 is 5.91. The molecule has 1 aromatic carbocycles. The van der Waals surface area contributed by atoms with Crippen molar-refractivity contribution in [3.63, 3.8) is 0 Å². The molecule has 0 aliphatic carbocycles. The van der Waals surface area contributed by atoms with E-state index in [-0.39, 0.29) is 15.9 Å². The first-order valence-corrected chi connectivity index (χ1v) is 10.4. The average Bonchev–Trinajstić information content (AvgIpc) is 3.00. The highest BCUT2D eigenvalue weighted by molar-refractivity contribution is 7.90. The number of nitrogens with zero attached hydrogens (tertiary/aromatic N) is 2. The second-order valence-corrected chi connectivity index (χ2v) is 8.73. The minimum absolute atomic E-state index is 0.0919. The van der Waals surface area contributed by atoms with Gasteiger partial charge in [-0.1, -0.05) is 17.7 Å². The van der Waals surface area contributed by atoms with E-state index in [4.69, 9.17) is 11.6 Å². The van der Waals surface area contributed by atoms with Crippen LogP contribution >= 0.6 is 11.6 Å². The minimum atomic E-state index is -3.55. The average molecular weight is 427 g/mol. The Balaban J connectivity index is 2.11. The molecule has 0 fully saturated rings.